The van der Waals surface area contributed by atoms with Crippen LogP contribution < -0.4 is 10.0 Å². The SMILES string of the molecule is Cc1ccc(S(=O)(=O)NCCNc2ccc3nnc(-c4ccccc4)n3n2)s1. The highest BCUT2D eigenvalue weighted by Gasteiger charge is 2.15. The molecule has 0 aliphatic heterocycles. The predicted octanol–water partition coefficient (Wildman–Crippen LogP) is 2.55. The normalized spacial score (nSPS) is 11.8. The average molecular weight is 415 g/mol. The lowest BCUT2D eigenvalue weighted by molar-refractivity contribution is 0.585. The van der Waals surface area contributed by atoms with Crippen LogP contribution in [0.25, 0.3) is 17.0 Å². The monoisotopic (exact) mass is 414 g/mol. The Kier molecular flexibility index (Phi) is 5.07. The second-order valence-electron chi connectivity index (χ2n) is 6.07. The van der Waals surface area contributed by atoms with E-state index in [1.165, 1.54) is 11.3 Å². The largest absolute Gasteiger partial charge is 0.367 e. The van der Waals surface area contributed by atoms with Crippen LogP contribution in [0, 0.1) is 6.92 Å². The van der Waals surface area contributed by atoms with Gasteiger partial charge >= 0.3 is 0 Å². The standard InChI is InChI=1S/C18H18N6O2S2/c1-13-7-10-17(27-13)28(25,26)20-12-11-19-15-8-9-16-21-22-18(24(16)23-15)14-5-3-2-4-6-14/h2-10,20H,11-12H2,1H3,(H,19,23). The number of sulfonamides is 1. The van der Waals surface area contributed by atoms with E-state index >= 15 is 0 Å². The smallest absolute Gasteiger partial charge is 0.250 e. The number of rotatable bonds is 7. The van der Waals surface area contributed by atoms with Crippen molar-refractivity contribution < 1.29 is 8.42 Å². The number of nitrogens with zero attached hydrogens (tertiary/aromatic N) is 4. The molecule has 0 saturated carbocycles. The molecular weight excluding hydrogens is 396 g/mol. The molecule has 8 nitrogen and oxygen atoms in total. The minimum atomic E-state index is -3.48. The molecule has 0 aliphatic carbocycles. The van der Waals surface area contributed by atoms with E-state index in [0.717, 1.165) is 10.4 Å². The zero-order valence-electron chi connectivity index (χ0n) is 15.0. The zero-order valence-corrected chi connectivity index (χ0v) is 16.7. The summed E-state index contributed by atoms with van der Waals surface area (Å²) in [6.45, 7) is 2.51. The van der Waals surface area contributed by atoms with Crippen LogP contribution in [0.3, 0.4) is 0 Å². The van der Waals surface area contributed by atoms with Crippen LogP contribution in [-0.2, 0) is 10.0 Å². The van der Waals surface area contributed by atoms with Crippen molar-refractivity contribution >= 4 is 32.8 Å². The van der Waals surface area contributed by atoms with E-state index < -0.39 is 10.0 Å². The summed E-state index contributed by atoms with van der Waals surface area (Å²) in [7, 11) is -3.48. The summed E-state index contributed by atoms with van der Waals surface area (Å²) in [5, 5.41) is 16.0. The van der Waals surface area contributed by atoms with Crippen molar-refractivity contribution in [1.82, 2.24) is 24.5 Å². The third kappa shape index (κ3) is 3.88. The fraction of sp³-hybridized carbons (Fsp3) is 0.167. The number of benzene rings is 1. The molecule has 3 aromatic heterocycles. The maximum atomic E-state index is 12.2. The Balaban J connectivity index is 1.43. The Labute approximate surface area is 166 Å². The van der Waals surface area contributed by atoms with Gasteiger partial charge in [-0.3, -0.25) is 0 Å². The molecule has 3 heterocycles. The Morgan fingerprint density at radius 1 is 1.00 bits per heavy atom. The Morgan fingerprint density at radius 3 is 2.57 bits per heavy atom. The first kappa shape index (κ1) is 18.5. The number of aryl methyl sites for hydroxylation is 1. The van der Waals surface area contributed by atoms with Crippen molar-refractivity contribution in [2.45, 2.75) is 11.1 Å². The fourth-order valence-corrected chi connectivity index (χ4v) is 5.01. The van der Waals surface area contributed by atoms with Gasteiger partial charge in [-0.2, -0.15) is 4.52 Å². The first-order valence-corrected chi connectivity index (χ1v) is 10.9. The van der Waals surface area contributed by atoms with Crippen LogP contribution in [0.15, 0.2) is 58.8 Å². The summed E-state index contributed by atoms with van der Waals surface area (Å²) in [6, 6.07) is 16.7. The second kappa shape index (κ2) is 7.66. The van der Waals surface area contributed by atoms with Crippen molar-refractivity contribution in [1.29, 1.82) is 0 Å². The van der Waals surface area contributed by atoms with Gasteiger partial charge in [0.15, 0.2) is 11.5 Å². The lowest BCUT2D eigenvalue weighted by Gasteiger charge is -2.08. The first-order chi connectivity index (χ1) is 13.5. The van der Waals surface area contributed by atoms with Gasteiger partial charge in [-0.1, -0.05) is 30.3 Å². The molecule has 1 aromatic carbocycles. The van der Waals surface area contributed by atoms with E-state index in [1.807, 2.05) is 43.3 Å². The molecule has 10 heteroatoms. The van der Waals surface area contributed by atoms with Crippen LogP contribution in [0.1, 0.15) is 4.88 Å². The molecule has 0 atom stereocenters. The topological polar surface area (TPSA) is 101 Å². The van der Waals surface area contributed by atoms with Crippen molar-refractivity contribution in [2.75, 3.05) is 18.4 Å². The lowest BCUT2D eigenvalue weighted by atomic mass is 10.2. The highest BCUT2D eigenvalue weighted by molar-refractivity contribution is 7.91. The predicted molar refractivity (Wildman–Crippen MR) is 109 cm³/mol. The summed E-state index contributed by atoms with van der Waals surface area (Å²) < 4.78 is 29.0. The average Bonchev–Trinajstić information content (AvgIpc) is 3.32. The minimum Gasteiger partial charge on any atom is -0.367 e. The molecule has 0 spiro atoms. The minimum absolute atomic E-state index is 0.243. The molecule has 2 N–H and O–H groups in total. The van der Waals surface area contributed by atoms with Crippen molar-refractivity contribution in [3.63, 3.8) is 0 Å². The molecule has 0 amide bonds. The van der Waals surface area contributed by atoms with Gasteiger partial charge < -0.3 is 5.32 Å². The summed E-state index contributed by atoms with van der Waals surface area (Å²) in [5.74, 6) is 1.25. The zero-order chi connectivity index (χ0) is 19.6. The molecule has 0 bridgehead atoms. The summed E-state index contributed by atoms with van der Waals surface area (Å²) in [5.41, 5.74) is 1.55. The van der Waals surface area contributed by atoms with Crippen molar-refractivity contribution in [3.05, 3.63) is 59.5 Å². The van der Waals surface area contributed by atoms with Crippen molar-refractivity contribution in [2.24, 2.45) is 0 Å². The van der Waals surface area contributed by atoms with Gasteiger partial charge in [0, 0.05) is 23.5 Å². The van der Waals surface area contributed by atoms with E-state index in [4.69, 9.17) is 0 Å². The Morgan fingerprint density at radius 2 is 1.82 bits per heavy atom. The van der Waals surface area contributed by atoms with Crippen LogP contribution in [0.4, 0.5) is 5.82 Å². The highest BCUT2D eigenvalue weighted by atomic mass is 32.2. The number of nitrogens with one attached hydrogen (secondary N) is 2. The van der Waals surface area contributed by atoms with E-state index in [1.54, 1.807) is 22.7 Å². The van der Waals surface area contributed by atoms with Gasteiger partial charge in [-0.15, -0.1) is 26.6 Å². The van der Waals surface area contributed by atoms with E-state index in [2.05, 4.69) is 25.3 Å². The molecule has 144 valence electrons. The maximum Gasteiger partial charge on any atom is 0.250 e. The van der Waals surface area contributed by atoms with Gasteiger partial charge in [0.25, 0.3) is 0 Å². The summed E-state index contributed by atoms with van der Waals surface area (Å²) >= 11 is 1.25. The molecule has 28 heavy (non-hydrogen) atoms. The molecule has 0 unspecified atom stereocenters. The molecule has 4 rings (SSSR count). The lowest BCUT2D eigenvalue weighted by Crippen LogP contribution is -2.28. The first-order valence-electron chi connectivity index (χ1n) is 8.61. The molecule has 0 radical (unpaired) electrons. The maximum absolute atomic E-state index is 12.2. The van der Waals surface area contributed by atoms with Crippen LogP contribution >= 0.6 is 11.3 Å². The van der Waals surface area contributed by atoms with E-state index in [9.17, 15) is 8.42 Å². The molecule has 0 saturated heterocycles. The van der Waals surface area contributed by atoms with Gasteiger partial charge in [0.2, 0.25) is 10.0 Å². The molecular formula is C18H18N6O2S2. The fourth-order valence-electron chi connectivity index (χ4n) is 2.65. The highest BCUT2D eigenvalue weighted by Crippen LogP contribution is 2.20. The number of hydrogen-bond donors (Lipinski definition) is 2. The number of thiophene rings is 1. The number of anilines is 1. The van der Waals surface area contributed by atoms with Gasteiger partial charge in [0.05, 0.1) is 0 Å². The number of fused-ring (bicyclic) bond motifs is 1. The van der Waals surface area contributed by atoms with Crippen LogP contribution in [0.5, 0.6) is 0 Å². The van der Waals surface area contributed by atoms with Crippen LogP contribution in [-0.4, -0.2) is 41.3 Å². The molecule has 0 aliphatic rings. The van der Waals surface area contributed by atoms with Gasteiger partial charge in [-0.05, 0) is 31.2 Å². The summed E-state index contributed by atoms with van der Waals surface area (Å²) in [4.78, 5) is 0.958. The third-order valence-electron chi connectivity index (χ3n) is 4.00. The second-order valence-corrected chi connectivity index (χ2v) is 9.35. The summed E-state index contributed by atoms with van der Waals surface area (Å²) in [6.07, 6.45) is 0. The van der Waals surface area contributed by atoms with Crippen LogP contribution in [0.2, 0.25) is 0 Å². The third-order valence-corrected chi connectivity index (χ3v) is 6.95. The molecule has 4 aromatic rings. The number of aromatic nitrogens is 4. The van der Waals surface area contributed by atoms with Crippen molar-refractivity contribution in [3.8, 4) is 11.4 Å². The quantitative estimate of drug-likeness (QED) is 0.451. The van der Waals surface area contributed by atoms with E-state index in [0.29, 0.717) is 28.0 Å². The Bertz CT molecular complexity index is 1200. The van der Waals surface area contributed by atoms with Gasteiger partial charge in [-0.25, -0.2) is 13.1 Å². The molecule has 0 fully saturated rings. The van der Waals surface area contributed by atoms with E-state index in [-0.39, 0.29) is 6.54 Å². The number of hydrogen-bond acceptors (Lipinski definition) is 7. The van der Waals surface area contributed by atoms with Gasteiger partial charge in [0.1, 0.15) is 10.0 Å². The Hall–Kier alpha value is -2.82.